The number of rotatable bonds is 2. The molecule has 0 unspecified atom stereocenters. The molecule has 4 nitrogen and oxygen atoms in total. The van der Waals surface area contributed by atoms with Crippen molar-refractivity contribution in [3.63, 3.8) is 0 Å². The molecule has 5 heteroatoms. The molecule has 4 aromatic rings. The van der Waals surface area contributed by atoms with Crippen molar-refractivity contribution in [2.45, 2.75) is 0 Å². The average Bonchev–Trinajstić information content (AvgIpc) is 2.95. The topological polar surface area (TPSA) is 46.4 Å². The summed E-state index contributed by atoms with van der Waals surface area (Å²) in [6.45, 7) is 0. The van der Waals surface area contributed by atoms with Gasteiger partial charge >= 0.3 is 0 Å². The maximum absolute atomic E-state index is 12.5. The molecule has 0 aliphatic carbocycles. The first-order valence-electron chi connectivity index (χ1n) is 7.60. The highest BCUT2D eigenvalue weighted by atomic mass is 32.1. The summed E-state index contributed by atoms with van der Waals surface area (Å²) >= 11 is 1.55. The zero-order valence-electron chi connectivity index (χ0n) is 13.1. The fraction of sp³-hybridized carbons (Fsp3) is 0.0526. The van der Waals surface area contributed by atoms with Crippen LogP contribution in [0.5, 0.6) is 0 Å². The number of fused-ring (bicyclic) bond motifs is 2. The molecule has 3 aromatic carbocycles. The number of aryl methyl sites for hydroxylation is 1. The van der Waals surface area contributed by atoms with E-state index >= 15 is 0 Å². The number of thiazole rings is 1. The molecular weight excluding hydrogens is 318 g/mol. The summed E-state index contributed by atoms with van der Waals surface area (Å²) in [7, 11) is 1.95. The van der Waals surface area contributed by atoms with Gasteiger partial charge in [0.1, 0.15) is 0 Å². The van der Waals surface area contributed by atoms with Gasteiger partial charge in [0.15, 0.2) is 0 Å². The van der Waals surface area contributed by atoms with Gasteiger partial charge in [-0.15, -0.1) is 5.10 Å². The maximum atomic E-state index is 12.5. The van der Waals surface area contributed by atoms with Crippen LogP contribution in [-0.4, -0.2) is 10.5 Å². The molecule has 0 saturated heterocycles. The SMILES string of the molecule is Cn1/c(=N\NC(=O)c2cccc3ccccc23)sc2ccccc21. The van der Waals surface area contributed by atoms with E-state index in [4.69, 9.17) is 0 Å². The lowest BCUT2D eigenvalue weighted by molar-refractivity contribution is 0.0954. The van der Waals surface area contributed by atoms with Gasteiger partial charge < -0.3 is 4.57 Å². The van der Waals surface area contributed by atoms with Crippen LogP contribution in [0.4, 0.5) is 0 Å². The number of hydrogen-bond acceptors (Lipinski definition) is 3. The highest BCUT2D eigenvalue weighted by molar-refractivity contribution is 7.16. The first kappa shape index (κ1) is 14.7. The molecule has 0 spiro atoms. The number of benzene rings is 3. The summed E-state index contributed by atoms with van der Waals surface area (Å²) in [5.74, 6) is -0.204. The van der Waals surface area contributed by atoms with Gasteiger partial charge in [-0.05, 0) is 29.0 Å². The maximum Gasteiger partial charge on any atom is 0.272 e. The highest BCUT2D eigenvalue weighted by Gasteiger charge is 2.09. The third-order valence-electron chi connectivity index (χ3n) is 4.00. The predicted molar refractivity (Wildman–Crippen MR) is 97.8 cm³/mol. The van der Waals surface area contributed by atoms with Crippen molar-refractivity contribution in [2.24, 2.45) is 12.1 Å². The van der Waals surface area contributed by atoms with Crippen molar-refractivity contribution in [1.29, 1.82) is 0 Å². The van der Waals surface area contributed by atoms with Gasteiger partial charge in [0.25, 0.3) is 5.91 Å². The van der Waals surface area contributed by atoms with Crippen LogP contribution in [0.15, 0.2) is 71.8 Å². The molecule has 0 bridgehead atoms. The van der Waals surface area contributed by atoms with E-state index in [9.17, 15) is 4.79 Å². The van der Waals surface area contributed by atoms with E-state index in [1.807, 2.05) is 78.3 Å². The third-order valence-corrected chi connectivity index (χ3v) is 5.11. The van der Waals surface area contributed by atoms with Gasteiger partial charge in [-0.3, -0.25) is 4.79 Å². The van der Waals surface area contributed by atoms with Crippen molar-refractivity contribution in [3.8, 4) is 0 Å². The molecule has 0 radical (unpaired) electrons. The smallest absolute Gasteiger partial charge is 0.272 e. The van der Waals surface area contributed by atoms with Gasteiger partial charge in [-0.25, -0.2) is 5.43 Å². The second kappa shape index (κ2) is 5.94. The van der Waals surface area contributed by atoms with Crippen molar-refractivity contribution in [2.75, 3.05) is 0 Å². The van der Waals surface area contributed by atoms with Crippen molar-refractivity contribution in [3.05, 3.63) is 77.1 Å². The normalized spacial score (nSPS) is 12.0. The molecule has 1 amide bonds. The molecule has 0 saturated carbocycles. The average molecular weight is 333 g/mol. The fourth-order valence-corrected chi connectivity index (χ4v) is 3.75. The Hall–Kier alpha value is -2.92. The zero-order valence-corrected chi connectivity index (χ0v) is 13.9. The fourth-order valence-electron chi connectivity index (χ4n) is 2.77. The summed E-state index contributed by atoms with van der Waals surface area (Å²) < 4.78 is 3.11. The minimum absolute atomic E-state index is 0.204. The van der Waals surface area contributed by atoms with E-state index in [2.05, 4.69) is 10.5 Å². The summed E-state index contributed by atoms with van der Waals surface area (Å²) in [6, 6.07) is 21.6. The highest BCUT2D eigenvalue weighted by Crippen LogP contribution is 2.18. The van der Waals surface area contributed by atoms with E-state index in [0.29, 0.717) is 5.56 Å². The lowest BCUT2D eigenvalue weighted by Crippen LogP contribution is -2.23. The van der Waals surface area contributed by atoms with E-state index in [-0.39, 0.29) is 5.91 Å². The largest absolute Gasteiger partial charge is 0.318 e. The van der Waals surface area contributed by atoms with Crippen LogP contribution in [-0.2, 0) is 7.05 Å². The Balaban J connectivity index is 1.72. The zero-order chi connectivity index (χ0) is 16.5. The van der Waals surface area contributed by atoms with Crippen LogP contribution in [0, 0.1) is 0 Å². The Kier molecular flexibility index (Phi) is 3.63. The Morgan fingerprint density at radius 3 is 2.62 bits per heavy atom. The van der Waals surface area contributed by atoms with Gasteiger partial charge in [0.05, 0.1) is 10.2 Å². The predicted octanol–water partition coefficient (Wildman–Crippen LogP) is 3.64. The van der Waals surface area contributed by atoms with Crippen LogP contribution < -0.4 is 10.2 Å². The first-order valence-corrected chi connectivity index (χ1v) is 8.42. The second-order valence-electron chi connectivity index (χ2n) is 5.49. The molecular formula is C19H15N3OS. The Bertz CT molecular complexity index is 1120. The third kappa shape index (κ3) is 2.49. The van der Waals surface area contributed by atoms with Crippen molar-refractivity contribution in [1.82, 2.24) is 9.99 Å². The number of amides is 1. The number of nitrogens with zero attached hydrogens (tertiary/aromatic N) is 2. The van der Waals surface area contributed by atoms with Gasteiger partial charge in [0, 0.05) is 12.6 Å². The minimum atomic E-state index is -0.204. The van der Waals surface area contributed by atoms with Crippen molar-refractivity contribution >= 4 is 38.2 Å². The lowest BCUT2D eigenvalue weighted by atomic mass is 10.0. The standard InChI is InChI=1S/C19H15N3OS/c1-22-16-11-4-5-12-17(16)24-19(22)21-20-18(23)15-10-6-8-13-7-2-3-9-14(13)15/h2-12H,1H3,(H,20,23)/b21-19+. The van der Waals surface area contributed by atoms with Crippen LogP contribution >= 0.6 is 11.3 Å². The Morgan fingerprint density at radius 2 is 1.75 bits per heavy atom. The van der Waals surface area contributed by atoms with Gasteiger partial charge in [-0.1, -0.05) is 59.9 Å². The van der Waals surface area contributed by atoms with Crippen molar-refractivity contribution < 1.29 is 4.79 Å². The molecule has 1 N–H and O–H groups in total. The first-order chi connectivity index (χ1) is 11.7. The molecule has 4 rings (SSSR count). The molecule has 1 aromatic heterocycles. The van der Waals surface area contributed by atoms with Gasteiger partial charge in [0.2, 0.25) is 4.80 Å². The van der Waals surface area contributed by atoms with Crippen LogP contribution in [0.1, 0.15) is 10.4 Å². The molecule has 0 aliphatic heterocycles. The van der Waals surface area contributed by atoms with Crippen LogP contribution in [0.25, 0.3) is 21.0 Å². The summed E-state index contributed by atoms with van der Waals surface area (Å²) in [5.41, 5.74) is 4.41. The number of aromatic nitrogens is 1. The lowest BCUT2D eigenvalue weighted by Gasteiger charge is -2.04. The molecule has 24 heavy (non-hydrogen) atoms. The molecule has 0 aliphatic rings. The number of nitrogens with one attached hydrogen (secondary N) is 1. The second-order valence-corrected chi connectivity index (χ2v) is 6.50. The number of hydrogen-bond donors (Lipinski definition) is 1. The molecule has 118 valence electrons. The van der Waals surface area contributed by atoms with E-state index in [1.165, 1.54) is 0 Å². The van der Waals surface area contributed by atoms with E-state index < -0.39 is 0 Å². The minimum Gasteiger partial charge on any atom is -0.318 e. The summed E-state index contributed by atoms with van der Waals surface area (Å²) in [5, 5.41) is 6.27. The number of carbonyl (C=O) groups excluding carboxylic acids is 1. The molecule has 0 fully saturated rings. The number of para-hydroxylation sites is 1. The molecule has 1 heterocycles. The quantitative estimate of drug-likeness (QED) is 0.559. The summed E-state index contributed by atoms with van der Waals surface area (Å²) in [4.78, 5) is 13.3. The monoisotopic (exact) mass is 333 g/mol. The molecule has 0 atom stereocenters. The van der Waals surface area contributed by atoms with E-state index in [1.54, 1.807) is 11.3 Å². The van der Waals surface area contributed by atoms with Crippen LogP contribution in [0.3, 0.4) is 0 Å². The van der Waals surface area contributed by atoms with E-state index in [0.717, 1.165) is 25.8 Å². The number of carbonyl (C=O) groups is 1. The Morgan fingerprint density at radius 1 is 1.00 bits per heavy atom. The van der Waals surface area contributed by atoms with Gasteiger partial charge in [-0.2, -0.15) is 0 Å². The Labute approximate surface area is 142 Å². The summed E-state index contributed by atoms with van der Waals surface area (Å²) in [6.07, 6.45) is 0. The van der Waals surface area contributed by atoms with Crippen LogP contribution in [0.2, 0.25) is 0 Å².